The summed E-state index contributed by atoms with van der Waals surface area (Å²) in [6.07, 6.45) is 8.15. The molecule has 1 aromatic carbocycles. The van der Waals surface area contributed by atoms with Crippen molar-refractivity contribution in [1.82, 2.24) is 0 Å². The molecular formula is C22H31NO5. The average Bonchev–Trinajstić information content (AvgIpc) is 2.60. The molecule has 0 aromatic heterocycles. The standard InChI is InChI=1S/C22H31NO5/c1-15(2)18-10-9-16(3)12-19(18)22-20(24)13-17(14-21(22)25)8-6-4-5-7-11-28-23(26)27/h12-14,18-19,24-25H,1,4-11H2,2-3H3/t18-,19+/m0/s1. The molecular weight excluding hydrogens is 358 g/mol. The van der Waals surface area contributed by atoms with Crippen LogP contribution < -0.4 is 0 Å². The molecule has 0 unspecified atom stereocenters. The summed E-state index contributed by atoms with van der Waals surface area (Å²) in [7, 11) is 0. The molecule has 0 saturated carbocycles. The summed E-state index contributed by atoms with van der Waals surface area (Å²) in [5.74, 6) is 0.433. The third-order valence-electron chi connectivity index (χ3n) is 5.47. The van der Waals surface area contributed by atoms with Crippen molar-refractivity contribution in [1.29, 1.82) is 0 Å². The summed E-state index contributed by atoms with van der Waals surface area (Å²) in [5.41, 5.74) is 3.82. The minimum Gasteiger partial charge on any atom is -0.507 e. The smallest absolute Gasteiger partial charge is 0.294 e. The van der Waals surface area contributed by atoms with E-state index in [2.05, 4.69) is 24.4 Å². The highest BCUT2D eigenvalue weighted by molar-refractivity contribution is 5.51. The van der Waals surface area contributed by atoms with Gasteiger partial charge in [0.05, 0.1) is 6.61 Å². The number of allylic oxidation sites excluding steroid dienone is 3. The Morgan fingerprint density at radius 3 is 2.50 bits per heavy atom. The van der Waals surface area contributed by atoms with E-state index in [-0.39, 0.29) is 29.9 Å². The van der Waals surface area contributed by atoms with E-state index in [1.165, 1.54) is 5.57 Å². The molecule has 1 aliphatic carbocycles. The van der Waals surface area contributed by atoms with Gasteiger partial charge in [0.25, 0.3) is 5.09 Å². The van der Waals surface area contributed by atoms with Crippen LogP contribution in [0.4, 0.5) is 0 Å². The number of hydrogen-bond acceptors (Lipinski definition) is 5. The summed E-state index contributed by atoms with van der Waals surface area (Å²) >= 11 is 0. The van der Waals surface area contributed by atoms with E-state index in [0.717, 1.165) is 49.7 Å². The fraction of sp³-hybridized carbons (Fsp3) is 0.545. The first-order valence-corrected chi connectivity index (χ1v) is 9.94. The van der Waals surface area contributed by atoms with Gasteiger partial charge in [0, 0.05) is 11.5 Å². The van der Waals surface area contributed by atoms with Crippen LogP contribution in [-0.2, 0) is 11.3 Å². The second kappa shape index (κ2) is 10.2. The minimum atomic E-state index is -0.769. The van der Waals surface area contributed by atoms with E-state index >= 15 is 0 Å². The molecule has 6 nitrogen and oxygen atoms in total. The fourth-order valence-corrected chi connectivity index (χ4v) is 4.00. The first kappa shape index (κ1) is 21.8. The van der Waals surface area contributed by atoms with Gasteiger partial charge in [0.2, 0.25) is 0 Å². The van der Waals surface area contributed by atoms with Crippen LogP contribution in [0.5, 0.6) is 11.5 Å². The van der Waals surface area contributed by atoms with Crippen LogP contribution in [0.15, 0.2) is 35.9 Å². The van der Waals surface area contributed by atoms with Gasteiger partial charge >= 0.3 is 0 Å². The second-order valence-electron chi connectivity index (χ2n) is 7.80. The quantitative estimate of drug-likeness (QED) is 0.241. The summed E-state index contributed by atoms with van der Waals surface area (Å²) in [5, 5.41) is 30.6. The van der Waals surface area contributed by atoms with Gasteiger partial charge in [-0.25, -0.2) is 0 Å². The van der Waals surface area contributed by atoms with E-state index in [0.29, 0.717) is 12.0 Å². The predicted octanol–water partition coefficient (Wildman–Crippen LogP) is 5.43. The number of aromatic hydroxyl groups is 2. The molecule has 2 atom stereocenters. The third kappa shape index (κ3) is 6.01. The highest BCUT2D eigenvalue weighted by Gasteiger charge is 2.30. The predicted molar refractivity (Wildman–Crippen MR) is 109 cm³/mol. The Morgan fingerprint density at radius 2 is 1.89 bits per heavy atom. The maximum absolute atomic E-state index is 10.6. The largest absolute Gasteiger partial charge is 0.507 e. The van der Waals surface area contributed by atoms with Crippen LogP contribution in [-0.4, -0.2) is 21.9 Å². The molecule has 0 bridgehead atoms. The molecule has 6 heteroatoms. The molecule has 0 heterocycles. The third-order valence-corrected chi connectivity index (χ3v) is 5.47. The highest BCUT2D eigenvalue weighted by Crippen LogP contribution is 2.46. The van der Waals surface area contributed by atoms with Crippen LogP contribution in [0.1, 0.15) is 69.4 Å². The Hall–Kier alpha value is -2.50. The Balaban J connectivity index is 1.99. The van der Waals surface area contributed by atoms with Crippen LogP contribution >= 0.6 is 0 Å². The molecule has 0 amide bonds. The lowest BCUT2D eigenvalue weighted by molar-refractivity contribution is -0.757. The number of unbranched alkanes of at least 4 members (excludes halogenated alkanes) is 3. The second-order valence-corrected chi connectivity index (χ2v) is 7.80. The van der Waals surface area contributed by atoms with Crippen LogP contribution in [0, 0.1) is 16.0 Å². The van der Waals surface area contributed by atoms with E-state index < -0.39 is 5.09 Å². The Bertz CT molecular complexity index is 717. The molecule has 28 heavy (non-hydrogen) atoms. The molecule has 0 aliphatic heterocycles. The normalized spacial score (nSPS) is 19.1. The van der Waals surface area contributed by atoms with Gasteiger partial charge in [-0.3, -0.25) is 0 Å². The molecule has 0 saturated heterocycles. The summed E-state index contributed by atoms with van der Waals surface area (Å²) in [4.78, 5) is 14.4. The number of phenols is 2. The van der Waals surface area contributed by atoms with Crippen molar-refractivity contribution in [3.8, 4) is 11.5 Å². The minimum absolute atomic E-state index is 0.0538. The van der Waals surface area contributed by atoms with E-state index in [1.807, 2.05) is 6.92 Å². The van der Waals surface area contributed by atoms with E-state index in [4.69, 9.17) is 0 Å². The average molecular weight is 389 g/mol. The number of aryl methyl sites for hydroxylation is 1. The maximum atomic E-state index is 10.6. The fourth-order valence-electron chi connectivity index (χ4n) is 4.00. The number of nitrogens with zero attached hydrogens (tertiary/aromatic N) is 1. The maximum Gasteiger partial charge on any atom is 0.294 e. The van der Waals surface area contributed by atoms with Crippen molar-refractivity contribution >= 4 is 0 Å². The first-order chi connectivity index (χ1) is 13.3. The Morgan fingerprint density at radius 1 is 1.25 bits per heavy atom. The van der Waals surface area contributed by atoms with Crippen molar-refractivity contribution in [3.05, 3.63) is 57.2 Å². The monoisotopic (exact) mass is 389 g/mol. The van der Waals surface area contributed by atoms with E-state index in [1.54, 1.807) is 12.1 Å². The molecule has 0 radical (unpaired) electrons. The molecule has 1 aromatic rings. The molecule has 0 spiro atoms. The van der Waals surface area contributed by atoms with Crippen molar-refractivity contribution in [2.24, 2.45) is 5.92 Å². The molecule has 2 rings (SSSR count). The van der Waals surface area contributed by atoms with Gasteiger partial charge in [-0.1, -0.05) is 36.6 Å². The van der Waals surface area contributed by atoms with Crippen molar-refractivity contribution in [3.63, 3.8) is 0 Å². The SMILES string of the molecule is C=C(C)[C@@H]1CCC(C)=C[C@H]1c1c(O)cc(CCCCCCO[N+](=O)[O-])cc1O. The summed E-state index contributed by atoms with van der Waals surface area (Å²) < 4.78 is 0. The zero-order valence-electron chi connectivity index (χ0n) is 16.8. The molecule has 2 N–H and O–H groups in total. The molecule has 1 aliphatic rings. The highest BCUT2D eigenvalue weighted by atomic mass is 16.9. The van der Waals surface area contributed by atoms with Crippen molar-refractivity contribution < 1.29 is 20.1 Å². The van der Waals surface area contributed by atoms with Gasteiger partial charge in [-0.05, 0) is 69.6 Å². The van der Waals surface area contributed by atoms with Gasteiger partial charge in [-0.2, -0.15) is 0 Å². The number of rotatable bonds is 10. The van der Waals surface area contributed by atoms with Gasteiger partial charge < -0.3 is 15.1 Å². The van der Waals surface area contributed by atoms with Gasteiger partial charge in [0.15, 0.2) is 0 Å². The topological polar surface area (TPSA) is 92.8 Å². The molecule has 0 fully saturated rings. The van der Waals surface area contributed by atoms with Crippen LogP contribution in [0.3, 0.4) is 0 Å². The lowest BCUT2D eigenvalue weighted by Crippen LogP contribution is -2.17. The number of hydrogen-bond donors (Lipinski definition) is 2. The van der Waals surface area contributed by atoms with Crippen molar-refractivity contribution in [2.45, 2.75) is 64.7 Å². The zero-order chi connectivity index (χ0) is 20.7. The number of benzene rings is 1. The first-order valence-electron chi connectivity index (χ1n) is 9.94. The summed E-state index contributed by atoms with van der Waals surface area (Å²) in [6.45, 7) is 8.31. The van der Waals surface area contributed by atoms with Crippen LogP contribution in [0.25, 0.3) is 0 Å². The van der Waals surface area contributed by atoms with Gasteiger partial charge in [-0.15, -0.1) is 10.1 Å². The number of phenolic OH excluding ortho intramolecular Hbond substituents is 2. The van der Waals surface area contributed by atoms with Crippen molar-refractivity contribution in [2.75, 3.05) is 6.61 Å². The lowest BCUT2D eigenvalue weighted by atomic mass is 9.73. The zero-order valence-corrected chi connectivity index (χ0v) is 16.8. The summed E-state index contributed by atoms with van der Waals surface area (Å²) in [6, 6.07) is 3.50. The van der Waals surface area contributed by atoms with Gasteiger partial charge in [0.1, 0.15) is 11.5 Å². The molecule has 154 valence electrons. The Kier molecular flexibility index (Phi) is 7.91. The lowest BCUT2D eigenvalue weighted by Gasteiger charge is -2.31. The van der Waals surface area contributed by atoms with Crippen LogP contribution in [0.2, 0.25) is 0 Å². The van der Waals surface area contributed by atoms with E-state index in [9.17, 15) is 20.3 Å². The Labute approximate surface area is 166 Å².